The number of unbranched alkanes of at least 4 members (excludes halogenated alkanes) is 1. The van der Waals surface area contributed by atoms with Crippen LogP contribution in [0.25, 0.3) is 32.9 Å². The average molecular weight is 1220 g/mol. The summed E-state index contributed by atoms with van der Waals surface area (Å²) in [4.78, 5) is 0. The van der Waals surface area contributed by atoms with Gasteiger partial charge in [0.05, 0.1) is 49.4 Å². The Balaban J connectivity index is 0.000000169. The minimum Gasteiger partial charge on any atom is -0.366 e. The molecule has 10 rings (SSSR count). The molecule has 0 spiro atoms. The van der Waals surface area contributed by atoms with E-state index in [0.717, 1.165) is 17.5 Å². The molecule has 0 saturated heterocycles. The molecule has 9 aromatic rings. The maximum absolute atomic E-state index is 7.18. The zero-order chi connectivity index (χ0) is 41.8. The van der Waals surface area contributed by atoms with Gasteiger partial charge >= 0.3 is 44.8 Å². The smallest absolute Gasteiger partial charge is 0.366 e. The standard InChI is InChI=1S/C28H28P2.C15H10N.C15H9.2Au/c1-5-15-25(16-6-1)29(26-17-7-2-8-18-26)23-13-14-24-30(27-19-9-3-10-20-27)28-21-11-4-12-22-28;1-3-11-8-9-15-13(10-11)12-6-4-5-7-14(12)16(15)2;1-2-11-7-8-15-13(9-11)10-12-5-3-4-6-14(12)15;;/h1-12,15-22H,13-14,23-24H2;4-10H,2H3;3-9H,10H2;;/q;2*-1;2*+1/p+2. The van der Waals surface area contributed by atoms with Gasteiger partial charge in [-0.3, -0.25) is 11.8 Å². The molecule has 1 heterocycles. The monoisotopic (exact) mass is 1220 g/mol. The zero-order valence-corrected chi connectivity index (χ0v) is 41.5. The average Bonchev–Trinajstić information content (AvgIpc) is 3.85. The van der Waals surface area contributed by atoms with Crippen LogP contribution in [0, 0.1) is 24.7 Å². The molecule has 63 heavy (non-hydrogen) atoms. The number of aryl methyl sites for hydroxylation is 1. The van der Waals surface area contributed by atoms with Gasteiger partial charge in [0.2, 0.25) is 0 Å². The molecule has 1 nitrogen and oxygen atoms in total. The number of rotatable bonds is 9. The van der Waals surface area contributed by atoms with Crippen molar-refractivity contribution in [2.75, 3.05) is 12.3 Å². The van der Waals surface area contributed by atoms with E-state index in [1.807, 2.05) is 36.4 Å². The first kappa shape index (κ1) is 47.5. The second kappa shape index (κ2) is 23.6. The van der Waals surface area contributed by atoms with Crippen LogP contribution in [0.5, 0.6) is 0 Å². The Kier molecular flexibility index (Phi) is 17.8. The Morgan fingerprint density at radius 2 is 0.841 bits per heavy atom. The van der Waals surface area contributed by atoms with Gasteiger partial charge in [0.1, 0.15) is 0 Å². The predicted molar refractivity (Wildman–Crippen MR) is 267 cm³/mol. The van der Waals surface area contributed by atoms with Crippen molar-refractivity contribution in [2.24, 2.45) is 7.05 Å². The molecule has 8 aromatic carbocycles. The molecule has 0 N–H and O–H groups in total. The molecule has 0 atom stereocenters. The van der Waals surface area contributed by atoms with Crippen LogP contribution < -0.4 is 21.2 Å². The largest absolute Gasteiger partial charge is 1.00 e. The predicted octanol–water partition coefficient (Wildman–Crippen LogP) is 12.0. The van der Waals surface area contributed by atoms with Crippen LogP contribution in [0.2, 0.25) is 0 Å². The molecule has 0 saturated carbocycles. The molecule has 316 valence electrons. The fourth-order valence-electron chi connectivity index (χ4n) is 8.54. The van der Waals surface area contributed by atoms with E-state index in [4.69, 9.17) is 12.8 Å². The minimum absolute atomic E-state index is 0. The summed E-state index contributed by atoms with van der Waals surface area (Å²) in [5.41, 5.74) is 9.45. The van der Waals surface area contributed by atoms with E-state index in [2.05, 4.69) is 193 Å². The SMILES string of the molecule is [Au+].[Au+].[C-]#Cc1ccc2c(c1)Cc1ccccc1-2.[C-]#Cc1ccc2c(c1)c1ccccc1n2C.c1ccc([PH+](CCCC[PH+](c2ccccc2)c2ccccc2)c2ccccc2)cc1. The van der Waals surface area contributed by atoms with Gasteiger partial charge in [-0.25, -0.2) is 0 Å². The number of para-hydroxylation sites is 1. The third kappa shape index (κ3) is 11.6. The summed E-state index contributed by atoms with van der Waals surface area (Å²) in [6.07, 6.45) is 20.5. The van der Waals surface area contributed by atoms with Gasteiger partial charge in [-0.05, 0) is 95.9 Å². The molecular formula is C58H49Au2NP2+2. The summed E-state index contributed by atoms with van der Waals surface area (Å²) in [7, 11) is 0.639. The Bertz CT molecular complexity index is 2770. The van der Waals surface area contributed by atoms with E-state index in [9.17, 15) is 0 Å². The molecule has 0 aliphatic heterocycles. The molecular weight excluding hydrogens is 1170 g/mol. The first-order chi connectivity index (χ1) is 30.1. The third-order valence-electron chi connectivity index (χ3n) is 11.6. The van der Waals surface area contributed by atoms with Crippen LogP contribution >= 0.6 is 15.8 Å². The fourth-order valence-corrected chi connectivity index (χ4v) is 13.9. The summed E-state index contributed by atoms with van der Waals surface area (Å²) in [5, 5.41) is 8.55. The fraction of sp³-hybridized carbons (Fsp3) is 0.103. The Morgan fingerprint density at radius 1 is 0.429 bits per heavy atom. The number of benzene rings is 8. The van der Waals surface area contributed by atoms with E-state index >= 15 is 0 Å². The molecule has 0 amide bonds. The molecule has 0 unspecified atom stereocenters. The maximum Gasteiger partial charge on any atom is 1.00 e. The molecule has 0 fully saturated rings. The van der Waals surface area contributed by atoms with E-state index < -0.39 is 15.8 Å². The molecule has 1 aromatic heterocycles. The van der Waals surface area contributed by atoms with Gasteiger partial charge in [0.25, 0.3) is 0 Å². The molecule has 0 radical (unpaired) electrons. The Hall–Kier alpha value is -4.98. The van der Waals surface area contributed by atoms with E-state index in [1.54, 1.807) is 0 Å². The number of fused-ring (bicyclic) bond motifs is 6. The number of nitrogens with zero attached hydrogens (tertiary/aromatic N) is 1. The van der Waals surface area contributed by atoms with Gasteiger partial charge < -0.3 is 17.4 Å². The summed E-state index contributed by atoms with van der Waals surface area (Å²) >= 11 is 0. The van der Waals surface area contributed by atoms with E-state index in [-0.39, 0.29) is 44.8 Å². The Labute approximate surface area is 407 Å². The summed E-state index contributed by atoms with van der Waals surface area (Å²) < 4.78 is 2.18. The van der Waals surface area contributed by atoms with Crippen LogP contribution in [-0.4, -0.2) is 16.9 Å². The van der Waals surface area contributed by atoms with Crippen molar-refractivity contribution in [1.29, 1.82) is 0 Å². The van der Waals surface area contributed by atoms with Crippen molar-refractivity contribution >= 4 is 58.9 Å². The maximum atomic E-state index is 7.18. The third-order valence-corrected chi connectivity index (χ3v) is 17.4. The van der Waals surface area contributed by atoms with Crippen LogP contribution in [0.1, 0.15) is 35.1 Å². The van der Waals surface area contributed by atoms with Crippen LogP contribution in [0.4, 0.5) is 0 Å². The molecule has 1 aliphatic rings. The van der Waals surface area contributed by atoms with E-state index in [0.29, 0.717) is 0 Å². The van der Waals surface area contributed by atoms with Crippen molar-refractivity contribution in [2.45, 2.75) is 19.3 Å². The normalized spacial score (nSPS) is 10.8. The van der Waals surface area contributed by atoms with Gasteiger partial charge in [-0.2, -0.15) is 0 Å². The number of hydrogen-bond acceptors (Lipinski definition) is 0. The van der Waals surface area contributed by atoms with Crippen molar-refractivity contribution in [3.63, 3.8) is 0 Å². The summed E-state index contributed by atoms with van der Waals surface area (Å²) in [6.45, 7) is 0. The van der Waals surface area contributed by atoms with Gasteiger partial charge in [0.15, 0.2) is 0 Å². The summed E-state index contributed by atoms with van der Waals surface area (Å²) in [6, 6.07) is 73.5. The van der Waals surface area contributed by atoms with Gasteiger partial charge in [0, 0.05) is 23.5 Å². The van der Waals surface area contributed by atoms with Gasteiger partial charge in [-0.1, -0.05) is 133 Å². The number of aromatic nitrogens is 1. The topological polar surface area (TPSA) is 4.93 Å². The quantitative estimate of drug-likeness (QED) is 0.0446. The molecule has 5 heteroatoms. The zero-order valence-electron chi connectivity index (χ0n) is 35.2. The minimum atomic E-state index is -0.714. The second-order valence-electron chi connectivity index (χ2n) is 15.4. The Morgan fingerprint density at radius 3 is 1.37 bits per heavy atom. The second-order valence-corrected chi connectivity index (χ2v) is 20.6. The van der Waals surface area contributed by atoms with Gasteiger partial charge in [-0.15, -0.1) is 35.4 Å². The first-order valence-corrected chi connectivity index (χ1v) is 24.5. The van der Waals surface area contributed by atoms with Crippen molar-refractivity contribution in [3.05, 3.63) is 241 Å². The van der Waals surface area contributed by atoms with Crippen molar-refractivity contribution in [1.82, 2.24) is 4.57 Å². The summed E-state index contributed by atoms with van der Waals surface area (Å²) in [5.74, 6) is 4.87. The van der Waals surface area contributed by atoms with E-state index in [1.165, 1.54) is 90.4 Å². The number of hydrogen-bond donors (Lipinski definition) is 0. The molecule has 0 bridgehead atoms. The first-order valence-electron chi connectivity index (χ1n) is 21.1. The van der Waals surface area contributed by atoms with Crippen LogP contribution in [-0.2, 0) is 58.2 Å². The van der Waals surface area contributed by atoms with Crippen LogP contribution in [0.3, 0.4) is 0 Å². The van der Waals surface area contributed by atoms with Crippen LogP contribution in [0.15, 0.2) is 206 Å². The van der Waals surface area contributed by atoms with Crippen molar-refractivity contribution in [3.8, 4) is 23.0 Å². The van der Waals surface area contributed by atoms with Crippen molar-refractivity contribution < 1.29 is 44.8 Å². The molecule has 1 aliphatic carbocycles.